The lowest BCUT2D eigenvalue weighted by molar-refractivity contribution is -0.0920. The molecule has 0 aliphatic carbocycles. The first-order valence-electron chi connectivity index (χ1n) is 14.3. The Kier molecular flexibility index (Phi) is 8.85. The maximum atomic E-state index is 6.98. The van der Waals surface area contributed by atoms with Gasteiger partial charge < -0.3 is 24.7 Å². The lowest BCUT2D eigenvalue weighted by Gasteiger charge is -2.32. The molecule has 0 radical (unpaired) electrons. The van der Waals surface area contributed by atoms with Crippen molar-refractivity contribution in [3.8, 4) is 0 Å². The molecule has 2 aromatic heterocycles. The van der Waals surface area contributed by atoms with Crippen LogP contribution in [-0.2, 0) is 44.4 Å². The van der Waals surface area contributed by atoms with Crippen molar-refractivity contribution in [3.63, 3.8) is 0 Å². The Labute approximate surface area is 250 Å². The molecule has 0 bridgehead atoms. The molecule has 4 atom stereocenters. The molecule has 6 rings (SSSR count). The van der Waals surface area contributed by atoms with Crippen LogP contribution in [0.4, 0.5) is 5.82 Å². The molecule has 0 spiro atoms. The highest BCUT2D eigenvalue weighted by Gasteiger charge is 2.58. The van der Waals surface area contributed by atoms with E-state index < -0.39 is 23.9 Å². The van der Waals surface area contributed by atoms with Crippen LogP contribution < -0.4 is 5.73 Å². The number of benzene rings is 3. The van der Waals surface area contributed by atoms with Crippen LogP contribution in [0.25, 0.3) is 5.52 Å². The Morgan fingerprint density at radius 1 is 0.837 bits per heavy atom. The Bertz CT molecular complexity index is 1630. The summed E-state index contributed by atoms with van der Waals surface area (Å²) in [6.45, 7) is 1.43. The largest absolute Gasteiger partial charge is 0.382 e. The fraction of sp³-hybridized carbons (Fsp3) is 0.265. The minimum Gasteiger partial charge on any atom is -0.382 e. The number of aromatic nitrogens is 3. The molecule has 0 saturated carbocycles. The Morgan fingerprint density at radius 3 is 2.07 bits per heavy atom. The normalized spacial score (nSPS) is 22.0. The molecule has 1 fully saturated rings. The topological polar surface area (TPSA) is 105 Å². The fourth-order valence-electron chi connectivity index (χ4n) is 5.58. The van der Waals surface area contributed by atoms with E-state index in [4.69, 9.17) is 24.7 Å². The van der Waals surface area contributed by atoms with E-state index in [9.17, 15) is 0 Å². The van der Waals surface area contributed by atoms with Crippen LogP contribution in [0.5, 0.6) is 0 Å². The van der Waals surface area contributed by atoms with Gasteiger partial charge in [0, 0.05) is 13.3 Å². The van der Waals surface area contributed by atoms with Crippen molar-refractivity contribution in [3.05, 3.63) is 132 Å². The molecule has 9 nitrogen and oxygen atoms in total. The minimum absolute atomic E-state index is 0.277. The van der Waals surface area contributed by atoms with Gasteiger partial charge in [0.25, 0.3) is 0 Å². The van der Waals surface area contributed by atoms with Crippen molar-refractivity contribution in [2.24, 2.45) is 4.99 Å². The van der Waals surface area contributed by atoms with Gasteiger partial charge in [-0.2, -0.15) is 5.10 Å². The van der Waals surface area contributed by atoms with Crippen LogP contribution in [0.3, 0.4) is 0 Å². The van der Waals surface area contributed by atoms with Crippen LogP contribution in [0.1, 0.15) is 22.4 Å². The summed E-state index contributed by atoms with van der Waals surface area (Å²) in [5.74, 6) is 0.365. The predicted octanol–water partition coefficient (Wildman–Crippen LogP) is 4.99. The molecule has 1 aliphatic heterocycles. The van der Waals surface area contributed by atoms with Crippen molar-refractivity contribution < 1.29 is 18.9 Å². The van der Waals surface area contributed by atoms with E-state index in [1.807, 2.05) is 103 Å². The highest BCUT2D eigenvalue weighted by Crippen LogP contribution is 2.43. The summed E-state index contributed by atoms with van der Waals surface area (Å²) in [6, 6.07) is 34.0. The SMILES string of the molecule is CN=C[C@@]1(c2ccc3c(N)ncnn23)O[C@H](COCc2ccccc2)[C@@H](OCc2ccccc2)[C@H]1OCc1ccccc1. The zero-order chi connectivity index (χ0) is 29.5. The monoisotopic (exact) mass is 577 g/mol. The number of nitrogen functional groups attached to an aromatic ring is 1. The van der Waals surface area contributed by atoms with Crippen LogP contribution >= 0.6 is 0 Å². The van der Waals surface area contributed by atoms with Gasteiger partial charge in [0.1, 0.15) is 30.2 Å². The van der Waals surface area contributed by atoms with Crippen molar-refractivity contribution in [1.29, 1.82) is 0 Å². The smallest absolute Gasteiger partial charge is 0.174 e. The second-order valence-electron chi connectivity index (χ2n) is 10.5. The number of nitrogens with zero attached hydrogens (tertiary/aromatic N) is 4. The van der Waals surface area contributed by atoms with Gasteiger partial charge in [0.15, 0.2) is 11.4 Å². The number of hydrogen-bond acceptors (Lipinski definition) is 8. The molecule has 1 aliphatic rings. The lowest BCUT2D eigenvalue weighted by Crippen LogP contribution is -2.46. The average Bonchev–Trinajstić information content (AvgIpc) is 3.61. The van der Waals surface area contributed by atoms with Crippen LogP contribution in [-0.4, -0.2) is 52.8 Å². The summed E-state index contributed by atoms with van der Waals surface area (Å²) >= 11 is 0. The van der Waals surface area contributed by atoms with Crippen molar-refractivity contribution >= 4 is 17.5 Å². The zero-order valence-corrected chi connectivity index (χ0v) is 24.0. The lowest BCUT2D eigenvalue weighted by atomic mass is 9.91. The molecule has 5 aromatic rings. The third-order valence-corrected chi connectivity index (χ3v) is 7.59. The summed E-state index contributed by atoms with van der Waals surface area (Å²) in [4.78, 5) is 8.65. The molecule has 3 aromatic carbocycles. The van der Waals surface area contributed by atoms with Crippen LogP contribution in [0.2, 0.25) is 0 Å². The number of anilines is 1. The first kappa shape index (κ1) is 28.7. The van der Waals surface area contributed by atoms with E-state index in [0.29, 0.717) is 36.8 Å². The van der Waals surface area contributed by atoms with Gasteiger partial charge in [-0.15, -0.1) is 0 Å². The molecular weight excluding hydrogens is 542 g/mol. The fourth-order valence-corrected chi connectivity index (χ4v) is 5.58. The molecule has 0 amide bonds. The third-order valence-electron chi connectivity index (χ3n) is 7.59. The maximum Gasteiger partial charge on any atom is 0.174 e. The van der Waals surface area contributed by atoms with Gasteiger partial charge in [-0.05, 0) is 28.8 Å². The highest BCUT2D eigenvalue weighted by atomic mass is 16.6. The van der Waals surface area contributed by atoms with Crippen molar-refractivity contribution in [2.45, 2.75) is 43.7 Å². The van der Waals surface area contributed by atoms with Gasteiger partial charge in [-0.3, -0.25) is 4.99 Å². The molecule has 43 heavy (non-hydrogen) atoms. The van der Waals surface area contributed by atoms with E-state index in [-0.39, 0.29) is 6.61 Å². The zero-order valence-electron chi connectivity index (χ0n) is 24.0. The molecule has 3 heterocycles. The van der Waals surface area contributed by atoms with Gasteiger partial charge in [0.2, 0.25) is 0 Å². The number of rotatable bonds is 12. The summed E-state index contributed by atoms with van der Waals surface area (Å²) in [7, 11) is 1.72. The van der Waals surface area contributed by atoms with Crippen molar-refractivity contribution in [1.82, 2.24) is 14.6 Å². The van der Waals surface area contributed by atoms with Crippen LogP contribution in [0, 0.1) is 0 Å². The van der Waals surface area contributed by atoms with Gasteiger partial charge in [0.05, 0.1) is 32.1 Å². The number of aliphatic imine (C=N–C) groups is 1. The molecule has 0 unspecified atom stereocenters. The number of hydrogen-bond donors (Lipinski definition) is 1. The van der Waals surface area contributed by atoms with Gasteiger partial charge in [-0.25, -0.2) is 9.50 Å². The van der Waals surface area contributed by atoms with E-state index >= 15 is 0 Å². The van der Waals surface area contributed by atoms with E-state index in [0.717, 1.165) is 16.7 Å². The maximum absolute atomic E-state index is 6.98. The quantitative estimate of drug-likeness (QED) is 0.208. The Hall–Kier alpha value is -4.41. The molecular formula is C34H35N5O4. The Balaban J connectivity index is 1.39. The molecule has 1 saturated heterocycles. The van der Waals surface area contributed by atoms with Gasteiger partial charge in [-0.1, -0.05) is 91.0 Å². The summed E-state index contributed by atoms with van der Waals surface area (Å²) in [5.41, 5.74) is 9.57. The second kappa shape index (κ2) is 13.3. The van der Waals surface area contributed by atoms with E-state index in [2.05, 4.69) is 15.1 Å². The standard InChI is InChI=1S/C34H35N5O4/c1-36-23-34(30-18-17-28-33(35)37-24-38-39(28)30)32(42-21-27-15-9-4-10-16-27)31(41-20-26-13-7-3-8-14-26)29(43-34)22-40-19-25-11-5-2-6-12-25/h2-18,23-24,29,31-32H,19-22H2,1H3,(H2,35,37,38)/t29-,31-,32-,34+/m1/s1. The summed E-state index contributed by atoms with van der Waals surface area (Å²) < 4.78 is 28.4. The van der Waals surface area contributed by atoms with Crippen molar-refractivity contribution in [2.75, 3.05) is 19.4 Å². The number of ether oxygens (including phenoxy) is 4. The molecule has 2 N–H and O–H groups in total. The third kappa shape index (κ3) is 6.21. The minimum atomic E-state index is -1.17. The molecule has 9 heteroatoms. The number of nitrogens with two attached hydrogens (primary N) is 1. The van der Waals surface area contributed by atoms with E-state index in [1.54, 1.807) is 17.8 Å². The summed E-state index contributed by atoms with van der Waals surface area (Å²) in [5, 5.41) is 4.53. The first-order chi connectivity index (χ1) is 21.2. The first-order valence-corrected chi connectivity index (χ1v) is 14.3. The van der Waals surface area contributed by atoms with Crippen LogP contribution in [0.15, 0.2) is 114 Å². The number of fused-ring (bicyclic) bond motifs is 1. The predicted molar refractivity (Wildman–Crippen MR) is 165 cm³/mol. The highest BCUT2D eigenvalue weighted by molar-refractivity contribution is 5.75. The Morgan fingerprint density at radius 2 is 1.44 bits per heavy atom. The average molecular weight is 578 g/mol. The van der Waals surface area contributed by atoms with E-state index in [1.165, 1.54) is 6.33 Å². The second-order valence-corrected chi connectivity index (χ2v) is 10.5. The van der Waals surface area contributed by atoms with Gasteiger partial charge >= 0.3 is 0 Å². The molecule has 220 valence electrons. The summed E-state index contributed by atoms with van der Waals surface area (Å²) in [6.07, 6.45) is 1.60.